The molecular formula is C8H7Br3O2. The molecule has 72 valence electrons. The van der Waals surface area contributed by atoms with Gasteiger partial charge in [0.1, 0.15) is 9.49 Å². The Morgan fingerprint density at radius 2 is 1.77 bits per heavy atom. The number of alkyl halides is 3. The second kappa shape index (κ2) is 4.77. The molecule has 0 saturated heterocycles. The van der Waals surface area contributed by atoms with E-state index >= 15 is 0 Å². The number of hydrogen-bond donors (Lipinski definition) is 1. The minimum atomic E-state index is -1.45. The van der Waals surface area contributed by atoms with E-state index in [0.29, 0.717) is 5.75 Å². The van der Waals surface area contributed by atoms with Crippen LogP contribution in [0.2, 0.25) is 0 Å². The fraction of sp³-hybridized carbons (Fsp3) is 0.250. The summed E-state index contributed by atoms with van der Waals surface area (Å²) >= 11 is 9.32. The maximum Gasteiger partial charge on any atom is 0.288 e. The van der Waals surface area contributed by atoms with E-state index in [1.165, 1.54) is 0 Å². The van der Waals surface area contributed by atoms with E-state index in [9.17, 15) is 5.11 Å². The SMILES string of the molecule is OC(Br)(Oc1ccccc1)C(Br)Br. The van der Waals surface area contributed by atoms with Crippen LogP contribution in [-0.2, 0) is 0 Å². The highest BCUT2D eigenvalue weighted by Gasteiger charge is 2.32. The van der Waals surface area contributed by atoms with E-state index < -0.39 is 8.43 Å². The molecule has 1 aromatic rings. The molecule has 1 unspecified atom stereocenters. The van der Waals surface area contributed by atoms with Gasteiger partial charge in [0.05, 0.1) is 0 Å². The lowest BCUT2D eigenvalue weighted by atomic mass is 10.3. The molecule has 0 heterocycles. The van der Waals surface area contributed by atoms with Gasteiger partial charge in [0.15, 0.2) is 0 Å². The van der Waals surface area contributed by atoms with Gasteiger partial charge in [-0.1, -0.05) is 50.1 Å². The van der Waals surface area contributed by atoms with Crippen molar-refractivity contribution < 1.29 is 9.84 Å². The second-order valence-electron chi connectivity index (χ2n) is 2.32. The number of halogens is 3. The Hall–Kier alpha value is 0.420. The number of rotatable bonds is 3. The van der Waals surface area contributed by atoms with Crippen molar-refractivity contribution >= 4 is 47.8 Å². The summed E-state index contributed by atoms with van der Waals surface area (Å²) in [6, 6.07) is 9.05. The molecular weight excluding hydrogens is 368 g/mol. The molecule has 1 N–H and O–H groups in total. The first-order valence-electron chi connectivity index (χ1n) is 3.46. The lowest BCUT2D eigenvalue weighted by molar-refractivity contribution is -0.0286. The van der Waals surface area contributed by atoms with E-state index in [1.54, 1.807) is 12.1 Å². The number of para-hydroxylation sites is 1. The van der Waals surface area contributed by atoms with Crippen LogP contribution in [0.5, 0.6) is 5.75 Å². The molecule has 0 aliphatic rings. The molecule has 0 bridgehead atoms. The van der Waals surface area contributed by atoms with Crippen LogP contribution in [0, 0.1) is 0 Å². The van der Waals surface area contributed by atoms with Crippen LogP contribution in [0.15, 0.2) is 30.3 Å². The number of hydrogen-bond acceptors (Lipinski definition) is 2. The van der Waals surface area contributed by atoms with Gasteiger partial charge in [-0.25, -0.2) is 0 Å². The lowest BCUT2D eigenvalue weighted by Gasteiger charge is -2.23. The Morgan fingerprint density at radius 3 is 2.23 bits per heavy atom. The third-order valence-corrected chi connectivity index (χ3v) is 4.36. The van der Waals surface area contributed by atoms with E-state index in [4.69, 9.17) is 4.74 Å². The Balaban J connectivity index is 2.69. The normalized spacial score (nSPS) is 15.5. The number of aliphatic hydroxyl groups is 1. The van der Waals surface area contributed by atoms with E-state index in [-0.39, 0.29) is 0 Å². The molecule has 1 rings (SSSR count). The summed E-state index contributed by atoms with van der Waals surface area (Å²) in [5.74, 6) is 0.589. The van der Waals surface area contributed by atoms with Crippen LogP contribution >= 0.6 is 47.8 Å². The molecule has 0 saturated carbocycles. The van der Waals surface area contributed by atoms with Crippen LogP contribution in [0.4, 0.5) is 0 Å². The molecule has 13 heavy (non-hydrogen) atoms. The second-order valence-corrected chi connectivity index (χ2v) is 6.52. The van der Waals surface area contributed by atoms with Crippen molar-refractivity contribution in [3.63, 3.8) is 0 Å². The van der Waals surface area contributed by atoms with E-state index in [0.717, 1.165) is 0 Å². The van der Waals surface area contributed by atoms with Crippen LogP contribution < -0.4 is 4.74 Å². The molecule has 0 aromatic heterocycles. The maximum atomic E-state index is 9.65. The van der Waals surface area contributed by atoms with Gasteiger partial charge in [0.25, 0.3) is 4.70 Å². The van der Waals surface area contributed by atoms with Gasteiger partial charge in [0, 0.05) is 0 Å². The van der Waals surface area contributed by atoms with Crippen LogP contribution in [-0.4, -0.2) is 13.5 Å². The zero-order valence-corrected chi connectivity index (χ0v) is 11.2. The molecule has 0 spiro atoms. The van der Waals surface area contributed by atoms with Crippen molar-refractivity contribution in [3.8, 4) is 5.75 Å². The van der Waals surface area contributed by atoms with Crippen molar-refractivity contribution in [1.29, 1.82) is 0 Å². The van der Waals surface area contributed by atoms with Crippen molar-refractivity contribution in [2.75, 3.05) is 0 Å². The Bertz CT molecular complexity index is 261. The molecule has 2 nitrogen and oxygen atoms in total. The first kappa shape index (κ1) is 11.5. The molecule has 0 amide bonds. The minimum Gasteiger partial charge on any atom is -0.451 e. The molecule has 0 fully saturated rings. The van der Waals surface area contributed by atoms with Gasteiger partial charge in [-0.3, -0.25) is 0 Å². The largest absolute Gasteiger partial charge is 0.451 e. The molecule has 0 radical (unpaired) electrons. The summed E-state index contributed by atoms with van der Waals surface area (Å²) in [5.41, 5.74) is 0. The van der Waals surface area contributed by atoms with Gasteiger partial charge in [-0.2, -0.15) is 0 Å². The third kappa shape index (κ3) is 3.58. The predicted octanol–water partition coefficient (Wildman–Crippen LogP) is 3.22. The monoisotopic (exact) mass is 372 g/mol. The molecule has 5 heteroatoms. The van der Waals surface area contributed by atoms with E-state index in [1.807, 2.05) is 18.2 Å². The van der Waals surface area contributed by atoms with Crippen molar-refractivity contribution in [2.45, 2.75) is 8.43 Å². The van der Waals surface area contributed by atoms with Crippen LogP contribution in [0.1, 0.15) is 0 Å². The quantitative estimate of drug-likeness (QED) is 0.650. The van der Waals surface area contributed by atoms with Gasteiger partial charge < -0.3 is 9.84 Å². The third-order valence-electron chi connectivity index (χ3n) is 1.27. The zero-order chi connectivity index (χ0) is 9.90. The maximum absolute atomic E-state index is 9.65. The van der Waals surface area contributed by atoms with Gasteiger partial charge in [-0.15, -0.1) is 0 Å². The van der Waals surface area contributed by atoms with E-state index in [2.05, 4.69) is 47.8 Å². The Kier molecular flexibility index (Phi) is 4.22. The summed E-state index contributed by atoms with van der Waals surface area (Å²) in [5, 5.41) is 9.65. The molecule has 1 atom stereocenters. The highest BCUT2D eigenvalue weighted by Crippen LogP contribution is 2.32. The summed E-state index contributed by atoms with van der Waals surface area (Å²) in [6.45, 7) is 0. The van der Waals surface area contributed by atoms with Crippen LogP contribution in [0.3, 0.4) is 0 Å². The Labute approximate surface area is 102 Å². The highest BCUT2D eigenvalue weighted by atomic mass is 79.9. The summed E-state index contributed by atoms with van der Waals surface area (Å²) < 4.78 is 3.40. The Morgan fingerprint density at radius 1 is 1.23 bits per heavy atom. The average molecular weight is 375 g/mol. The molecule has 0 aliphatic heterocycles. The van der Waals surface area contributed by atoms with Gasteiger partial charge in [-0.05, 0) is 28.1 Å². The summed E-state index contributed by atoms with van der Waals surface area (Å²) in [7, 11) is 0. The summed E-state index contributed by atoms with van der Waals surface area (Å²) in [6.07, 6.45) is 0. The minimum absolute atomic E-state index is 0.396. The summed E-state index contributed by atoms with van der Waals surface area (Å²) in [4.78, 5) is 0. The van der Waals surface area contributed by atoms with Gasteiger partial charge >= 0.3 is 0 Å². The van der Waals surface area contributed by atoms with Gasteiger partial charge in [0.2, 0.25) is 0 Å². The smallest absolute Gasteiger partial charge is 0.288 e. The standard InChI is InChI=1S/C8H7Br3O2/c9-7(10)8(11,12)13-6-4-2-1-3-5-6/h1-5,7,12H. The number of ether oxygens (including phenoxy) is 1. The predicted molar refractivity (Wildman–Crippen MR) is 62.6 cm³/mol. The number of benzene rings is 1. The molecule has 0 aliphatic carbocycles. The van der Waals surface area contributed by atoms with Crippen molar-refractivity contribution in [2.24, 2.45) is 0 Å². The van der Waals surface area contributed by atoms with Crippen molar-refractivity contribution in [1.82, 2.24) is 0 Å². The fourth-order valence-electron chi connectivity index (χ4n) is 0.698. The fourth-order valence-corrected chi connectivity index (χ4v) is 1.07. The zero-order valence-electron chi connectivity index (χ0n) is 6.45. The molecule has 1 aromatic carbocycles. The highest BCUT2D eigenvalue weighted by molar-refractivity contribution is 9.25. The van der Waals surface area contributed by atoms with Crippen LogP contribution in [0.25, 0.3) is 0 Å². The van der Waals surface area contributed by atoms with Crippen molar-refractivity contribution in [3.05, 3.63) is 30.3 Å². The average Bonchev–Trinajstić information content (AvgIpc) is 2.05. The first-order valence-corrected chi connectivity index (χ1v) is 6.08. The lowest BCUT2D eigenvalue weighted by Crippen LogP contribution is -2.34. The topological polar surface area (TPSA) is 29.5 Å². The first-order chi connectivity index (χ1) is 6.02.